The van der Waals surface area contributed by atoms with Crippen LogP contribution in [0, 0.1) is 6.92 Å². The Morgan fingerprint density at radius 3 is 2.73 bits per heavy atom. The monoisotopic (exact) mass is 231 g/mol. The highest BCUT2D eigenvalue weighted by molar-refractivity contribution is 6.31. The zero-order valence-electron chi connectivity index (χ0n) is 9.37. The Bertz CT molecular complexity index is 316. The van der Waals surface area contributed by atoms with Crippen LogP contribution in [-0.4, -0.2) is 27.0 Å². The van der Waals surface area contributed by atoms with Crippen LogP contribution in [0.1, 0.15) is 32.0 Å². The van der Waals surface area contributed by atoms with E-state index >= 15 is 0 Å². The van der Waals surface area contributed by atoms with Crippen molar-refractivity contribution in [2.75, 3.05) is 6.61 Å². The molecule has 0 aliphatic rings. The van der Waals surface area contributed by atoms with E-state index in [-0.39, 0.29) is 12.6 Å². The third-order valence-electron chi connectivity index (χ3n) is 2.43. The SMILES string of the molecule is Cc1nn(C(C)CC(C)(N)CO)cc1Cl. The van der Waals surface area contributed by atoms with Crippen LogP contribution in [0.2, 0.25) is 5.02 Å². The first-order chi connectivity index (χ1) is 6.85. The molecular formula is C10H18ClN3O. The lowest BCUT2D eigenvalue weighted by atomic mass is 9.96. The summed E-state index contributed by atoms with van der Waals surface area (Å²) >= 11 is 5.91. The highest BCUT2D eigenvalue weighted by Crippen LogP contribution is 2.21. The molecule has 1 rings (SSSR count). The molecule has 1 heterocycles. The number of nitrogens with two attached hydrogens (primary N) is 1. The Morgan fingerprint density at radius 1 is 1.73 bits per heavy atom. The van der Waals surface area contributed by atoms with Gasteiger partial charge >= 0.3 is 0 Å². The summed E-state index contributed by atoms with van der Waals surface area (Å²) in [5, 5.41) is 14.0. The van der Waals surface area contributed by atoms with Gasteiger partial charge in [0.15, 0.2) is 0 Å². The maximum atomic E-state index is 9.07. The lowest BCUT2D eigenvalue weighted by molar-refractivity contribution is 0.182. The second-order valence-corrected chi connectivity index (χ2v) is 4.81. The number of aryl methyl sites for hydroxylation is 1. The highest BCUT2D eigenvalue weighted by atomic mass is 35.5. The Balaban J connectivity index is 2.73. The van der Waals surface area contributed by atoms with Gasteiger partial charge in [-0.2, -0.15) is 5.10 Å². The summed E-state index contributed by atoms with van der Waals surface area (Å²) in [6, 6.07) is 0.123. The fourth-order valence-electron chi connectivity index (χ4n) is 1.52. The molecule has 0 fully saturated rings. The fraction of sp³-hybridized carbons (Fsp3) is 0.700. The van der Waals surface area contributed by atoms with Gasteiger partial charge in [-0.3, -0.25) is 4.68 Å². The summed E-state index contributed by atoms with van der Waals surface area (Å²) in [7, 11) is 0. The van der Waals surface area contributed by atoms with E-state index < -0.39 is 5.54 Å². The second-order valence-electron chi connectivity index (χ2n) is 4.41. The zero-order valence-corrected chi connectivity index (χ0v) is 10.1. The first-order valence-electron chi connectivity index (χ1n) is 4.97. The van der Waals surface area contributed by atoms with Crippen molar-refractivity contribution in [3.8, 4) is 0 Å². The molecule has 15 heavy (non-hydrogen) atoms. The molecule has 1 aromatic rings. The van der Waals surface area contributed by atoms with Crippen molar-refractivity contribution < 1.29 is 5.11 Å². The molecule has 0 amide bonds. The van der Waals surface area contributed by atoms with Gasteiger partial charge in [-0.1, -0.05) is 11.6 Å². The summed E-state index contributed by atoms with van der Waals surface area (Å²) in [4.78, 5) is 0. The van der Waals surface area contributed by atoms with Crippen molar-refractivity contribution >= 4 is 11.6 Å². The van der Waals surface area contributed by atoms with E-state index in [1.165, 1.54) is 0 Å². The van der Waals surface area contributed by atoms with Crippen molar-refractivity contribution in [2.24, 2.45) is 5.73 Å². The van der Waals surface area contributed by atoms with Gasteiger partial charge in [0.25, 0.3) is 0 Å². The Labute approximate surface area is 95.0 Å². The molecule has 0 bridgehead atoms. The largest absolute Gasteiger partial charge is 0.394 e. The van der Waals surface area contributed by atoms with E-state index in [1.54, 1.807) is 10.9 Å². The predicted octanol–water partition coefficient (Wildman–Crippen LogP) is 1.51. The number of aliphatic hydroxyl groups is 1. The zero-order chi connectivity index (χ0) is 11.6. The van der Waals surface area contributed by atoms with Crippen molar-refractivity contribution in [1.29, 1.82) is 0 Å². The number of rotatable bonds is 4. The van der Waals surface area contributed by atoms with Gasteiger partial charge in [-0.05, 0) is 27.2 Å². The number of halogens is 1. The van der Waals surface area contributed by atoms with Crippen LogP contribution in [-0.2, 0) is 0 Å². The minimum atomic E-state index is -0.578. The first kappa shape index (κ1) is 12.5. The Kier molecular flexibility index (Phi) is 3.76. The predicted molar refractivity (Wildman–Crippen MR) is 61.0 cm³/mol. The van der Waals surface area contributed by atoms with Crippen molar-refractivity contribution in [3.05, 3.63) is 16.9 Å². The fourth-order valence-corrected chi connectivity index (χ4v) is 1.66. The Morgan fingerprint density at radius 2 is 2.33 bits per heavy atom. The number of hydrogen-bond acceptors (Lipinski definition) is 3. The molecule has 5 heteroatoms. The van der Waals surface area contributed by atoms with Gasteiger partial charge in [0, 0.05) is 11.7 Å². The maximum Gasteiger partial charge on any atom is 0.0815 e. The molecule has 0 aliphatic heterocycles. The first-order valence-corrected chi connectivity index (χ1v) is 5.34. The molecule has 4 nitrogen and oxygen atoms in total. The summed E-state index contributed by atoms with van der Waals surface area (Å²) in [5.41, 5.74) is 6.11. The third kappa shape index (κ3) is 3.19. The lowest BCUT2D eigenvalue weighted by Gasteiger charge is -2.25. The van der Waals surface area contributed by atoms with Gasteiger partial charge in [0.1, 0.15) is 0 Å². The van der Waals surface area contributed by atoms with Gasteiger partial charge in [-0.25, -0.2) is 0 Å². The summed E-state index contributed by atoms with van der Waals surface area (Å²) in [5.74, 6) is 0. The molecule has 0 radical (unpaired) electrons. The number of nitrogens with zero attached hydrogens (tertiary/aromatic N) is 2. The smallest absolute Gasteiger partial charge is 0.0815 e. The molecule has 0 spiro atoms. The maximum absolute atomic E-state index is 9.07. The van der Waals surface area contributed by atoms with Gasteiger partial charge in [0.05, 0.1) is 23.4 Å². The molecule has 0 saturated heterocycles. The van der Waals surface area contributed by atoms with E-state index in [0.717, 1.165) is 5.69 Å². The van der Waals surface area contributed by atoms with Crippen LogP contribution >= 0.6 is 11.6 Å². The highest BCUT2D eigenvalue weighted by Gasteiger charge is 2.22. The molecule has 3 N–H and O–H groups in total. The van der Waals surface area contributed by atoms with Gasteiger partial charge in [-0.15, -0.1) is 0 Å². The van der Waals surface area contributed by atoms with Crippen LogP contribution in [0.4, 0.5) is 0 Å². The van der Waals surface area contributed by atoms with Crippen LogP contribution in [0.3, 0.4) is 0 Å². The summed E-state index contributed by atoms with van der Waals surface area (Å²) in [6.45, 7) is 5.65. The molecule has 86 valence electrons. The van der Waals surface area contributed by atoms with Crippen LogP contribution in [0.25, 0.3) is 0 Å². The Hall–Kier alpha value is -0.580. The average Bonchev–Trinajstić information content (AvgIpc) is 2.47. The van der Waals surface area contributed by atoms with E-state index in [2.05, 4.69) is 5.10 Å². The van der Waals surface area contributed by atoms with E-state index in [0.29, 0.717) is 11.4 Å². The number of aliphatic hydroxyl groups excluding tert-OH is 1. The average molecular weight is 232 g/mol. The standard InChI is InChI=1S/C10H18ClN3O/c1-7(4-10(3,12)6-15)14-5-9(11)8(2)13-14/h5,7,15H,4,6,12H2,1-3H3. The minimum absolute atomic E-state index is 0.0364. The topological polar surface area (TPSA) is 64.1 Å². The van der Waals surface area contributed by atoms with Gasteiger partial charge < -0.3 is 10.8 Å². The molecule has 1 aromatic heterocycles. The second kappa shape index (κ2) is 4.51. The third-order valence-corrected chi connectivity index (χ3v) is 2.80. The summed E-state index contributed by atoms with van der Waals surface area (Å²) < 4.78 is 1.79. The van der Waals surface area contributed by atoms with Crippen LogP contribution < -0.4 is 5.73 Å². The van der Waals surface area contributed by atoms with Crippen molar-refractivity contribution in [2.45, 2.75) is 38.8 Å². The van der Waals surface area contributed by atoms with E-state index in [4.69, 9.17) is 22.4 Å². The normalized spacial score (nSPS) is 17.5. The summed E-state index contributed by atoms with van der Waals surface area (Å²) in [6.07, 6.45) is 2.44. The molecule has 0 aliphatic carbocycles. The lowest BCUT2D eigenvalue weighted by Crippen LogP contribution is -2.42. The molecular weight excluding hydrogens is 214 g/mol. The van der Waals surface area contributed by atoms with Crippen LogP contribution in [0.15, 0.2) is 6.20 Å². The number of aromatic nitrogens is 2. The van der Waals surface area contributed by atoms with E-state index in [1.807, 2.05) is 20.8 Å². The van der Waals surface area contributed by atoms with Gasteiger partial charge in [0.2, 0.25) is 0 Å². The molecule has 0 aromatic carbocycles. The van der Waals surface area contributed by atoms with Crippen molar-refractivity contribution in [3.63, 3.8) is 0 Å². The molecule has 2 unspecified atom stereocenters. The quantitative estimate of drug-likeness (QED) is 0.826. The molecule has 0 saturated carbocycles. The van der Waals surface area contributed by atoms with Crippen LogP contribution in [0.5, 0.6) is 0 Å². The van der Waals surface area contributed by atoms with Crippen molar-refractivity contribution in [1.82, 2.24) is 9.78 Å². The minimum Gasteiger partial charge on any atom is -0.394 e. The molecule has 2 atom stereocenters. The number of hydrogen-bond donors (Lipinski definition) is 2. The van der Waals surface area contributed by atoms with E-state index in [9.17, 15) is 0 Å².